The van der Waals surface area contributed by atoms with E-state index in [9.17, 15) is 5.11 Å². The summed E-state index contributed by atoms with van der Waals surface area (Å²) < 4.78 is 13.6. The van der Waals surface area contributed by atoms with Crippen LogP contribution in [0.5, 0.6) is 5.88 Å². The first-order chi connectivity index (χ1) is 20.1. The van der Waals surface area contributed by atoms with Crippen LogP contribution in [0.4, 0.5) is 0 Å². The molecule has 5 heterocycles. The molecule has 2 saturated heterocycles. The molecule has 0 aliphatic carbocycles. The van der Waals surface area contributed by atoms with Gasteiger partial charge < -0.3 is 19.1 Å². The molecule has 0 saturated carbocycles. The van der Waals surface area contributed by atoms with E-state index in [2.05, 4.69) is 44.8 Å². The number of imidazole rings is 1. The van der Waals surface area contributed by atoms with Gasteiger partial charge in [0, 0.05) is 28.8 Å². The predicted molar refractivity (Wildman–Crippen MR) is 158 cm³/mol. The highest BCUT2D eigenvalue weighted by atomic mass is 32.1. The van der Waals surface area contributed by atoms with Gasteiger partial charge in [-0.2, -0.15) is 0 Å². The first kappa shape index (κ1) is 26.3. The highest BCUT2D eigenvalue weighted by Gasteiger charge is 2.38. The molecule has 0 spiro atoms. The molecule has 8 nitrogen and oxygen atoms in total. The third-order valence-corrected chi connectivity index (χ3v) is 8.95. The van der Waals surface area contributed by atoms with Crippen LogP contribution in [-0.2, 0) is 30.0 Å². The summed E-state index contributed by atoms with van der Waals surface area (Å²) in [6.45, 7) is 4.63. The van der Waals surface area contributed by atoms with Crippen molar-refractivity contribution in [3.8, 4) is 5.88 Å². The van der Waals surface area contributed by atoms with E-state index in [1.807, 2.05) is 48.1 Å². The van der Waals surface area contributed by atoms with E-state index in [1.54, 1.807) is 11.3 Å². The molecule has 0 atom stereocenters. The Labute approximate surface area is 243 Å². The highest BCUT2D eigenvalue weighted by Crippen LogP contribution is 2.33. The molecule has 2 fully saturated rings. The van der Waals surface area contributed by atoms with Crippen molar-refractivity contribution in [3.63, 3.8) is 0 Å². The maximum Gasteiger partial charge on any atom is 0.213 e. The molecule has 1 N–H and O–H groups in total. The van der Waals surface area contributed by atoms with Gasteiger partial charge >= 0.3 is 0 Å². The van der Waals surface area contributed by atoms with E-state index < -0.39 is 5.60 Å². The molecule has 3 aromatic heterocycles. The number of aliphatic hydroxyl groups is 1. The Morgan fingerprint density at radius 3 is 2.59 bits per heavy atom. The SMILES string of the molecule is OC1(c2ccc3nc(CN4CCC(c5cccc(OCc6ccccc6)n5)CC4)n(Cc4cncs4)c3c2)COC1. The number of hydrogen-bond donors (Lipinski definition) is 1. The van der Waals surface area contributed by atoms with Gasteiger partial charge in [-0.15, -0.1) is 11.3 Å². The van der Waals surface area contributed by atoms with Gasteiger partial charge in [-0.3, -0.25) is 9.88 Å². The van der Waals surface area contributed by atoms with Crippen LogP contribution in [0.2, 0.25) is 0 Å². The molecule has 0 radical (unpaired) electrons. The van der Waals surface area contributed by atoms with Crippen molar-refractivity contribution in [2.45, 2.75) is 44.1 Å². The molecule has 2 aromatic carbocycles. The molecule has 2 aliphatic rings. The van der Waals surface area contributed by atoms with Gasteiger partial charge in [0.1, 0.15) is 18.0 Å². The Bertz CT molecular complexity index is 1610. The van der Waals surface area contributed by atoms with Crippen molar-refractivity contribution < 1.29 is 14.6 Å². The van der Waals surface area contributed by atoms with Crippen LogP contribution >= 0.6 is 11.3 Å². The summed E-state index contributed by atoms with van der Waals surface area (Å²) in [7, 11) is 0. The lowest BCUT2D eigenvalue weighted by Crippen LogP contribution is -2.46. The van der Waals surface area contributed by atoms with Gasteiger partial charge in [0.2, 0.25) is 5.88 Å². The minimum absolute atomic E-state index is 0.334. The zero-order valence-electron chi connectivity index (χ0n) is 22.9. The van der Waals surface area contributed by atoms with Gasteiger partial charge in [0.25, 0.3) is 0 Å². The van der Waals surface area contributed by atoms with E-state index >= 15 is 0 Å². The van der Waals surface area contributed by atoms with Crippen molar-refractivity contribution in [3.05, 3.63) is 106 Å². The minimum Gasteiger partial charge on any atom is -0.473 e. The van der Waals surface area contributed by atoms with E-state index in [4.69, 9.17) is 19.4 Å². The maximum atomic E-state index is 10.9. The number of rotatable bonds is 9. The second-order valence-electron chi connectivity index (χ2n) is 11.0. The van der Waals surface area contributed by atoms with Crippen LogP contribution in [0.25, 0.3) is 11.0 Å². The minimum atomic E-state index is -0.909. The van der Waals surface area contributed by atoms with E-state index in [-0.39, 0.29) is 0 Å². The van der Waals surface area contributed by atoms with E-state index in [0.717, 1.165) is 66.2 Å². The summed E-state index contributed by atoms with van der Waals surface area (Å²) in [4.78, 5) is 17.9. The fourth-order valence-corrected chi connectivity index (χ4v) is 6.34. The Morgan fingerprint density at radius 1 is 0.976 bits per heavy atom. The quantitative estimate of drug-likeness (QED) is 0.265. The summed E-state index contributed by atoms with van der Waals surface area (Å²) in [6.07, 6.45) is 4.01. The monoisotopic (exact) mass is 567 g/mol. The van der Waals surface area contributed by atoms with Crippen molar-refractivity contribution in [1.29, 1.82) is 0 Å². The average Bonchev–Trinajstić information content (AvgIpc) is 3.64. The normalized spacial score (nSPS) is 17.5. The molecule has 0 bridgehead atoms. The van der Waals surface area contributed by atoms with Crippen LogP contribution in [0.1, 0.15) is 46.3 Å². The first-order valence-corrected chi connectivity index (χ1v) is 15.0. The third kappa shape index (κ3) is 5.63. The van der Waals surface area contributed by atoms with Gasteiger partial charge in [0.05, 0.1) is 42.8 Å². The fourth-order valence-electron chi connectivity index (χ4n) is 5.75. The zero-order chi connectivity index (χ0) is 27.6. The molecule has 2 aliphatic heterocycles. The van der Waals surface area contributed by atoms with Gasteiger partial charge in [-0.1, -0.05) is 42.5 Å². The summed E-state index contributed by atoms with van der Waals surface area (Å²) in [5, 5.41) is 10.9. The Morgan fingerprint density at radius 2 is 1.83 bits per heavy atom. The van der Waals surface area contributed by atoms with Gasteiger partial charge in [-0.25, -0.2) is 9.97 Å². The number of hydrogen-bond acceptors (Lipinski definition) is 8. The van der Waals surface area contributed by atoms with Crippen LogP contribution < -0.4 is 4.74 Å². The van der Waals surface area contributed by atoms with Crippen LogP contribution in [0, 0.1) is 0 Å². The highest BCUT2D eigenvalue weighted by molar-refractivity contribution is 7.09. The Kier molecular flexibility index (Phi) is 7.26. The number of piperidine rings is 1. The summed E-state index contributed by atoms with van der Waals surface area (Å²) >= 11 is 1.65. The molecule has 5 aromatic rings. The standard InChI is InChI=1S/C32H33N5O3S/c38-32(20-39-21-32)25-9-10-28-29(15-25)37(17-26-16-33-22-41-26)30(34-28)18-36-13-11-24(12-14-36)27-7-4-8-31(35-27)40-19-23-5-2-1-3-6-23/h1-10,15-16,22,24,38H,11-14,17-21H2. The molecule has 0 unspecified atom stereocenters. The molecule has 9 heteroatoms. The first-order valence-electron chi connectivity index (χ1n) is 14.2. The van der Waals surface area contributed by atoms with E-state index in [1.165, 1.54) is 4.88 Å². The maximum absolute atomic E-state index is 10.9. The van der Waals surface area contributed by atoms with Crippen LogP contribution in [-0.4, -0.2) is 55.8 Å². The third-order valence-electron chi connectivity index (χ3n) is 8.19. The number of ether oxygens (including phenoxy) is 2. The number of pyridine rings is 1. The lowest BCUT2D eigenvalue weighted by atomic mass is 9.92. The Hall–Kier alpha value is -3.63. The largest absolute Gasteiger partial charge is 0.473 e. The second-order valence-corrected chi connectivity index (χ2v) is 12.0. The molecule has 41 heavy (non-hydrogen) atoms. The fraction of sp³-hybridized carbons (Fsp3) is 0.344. The van der Waals surface area contributed by atoms with Crippen molar-refractivity contribution in [2.24, 2.45) is 0 Å². The molecule has 0 amide bonds. The number of likely N-dealkylation sites (tertiary alicyclic amines) is 1. The molecular weight excluding hydrogens is 534 g/mol. The summed E-state index contributed by atoms with van der Waals surface area (Å²) in [5.41, 5.74) is 6.08. The predicted octanol–water partition coefficient (Wildman–Crippen LogP) is 5.11. The second kappa shape index (κ2) is 11.3. The van der Waals surface area contributed by atoms with E-state index in [0.29, 0.717) is 38.2 Å². The summed E-state index contributed by atoms with van der Waals surface area (Å²) in [5.74, 6) is 2.13. The van der Waals surface area contributed by atoms with Gasteiger partial charge in [0.15, 0.2) is 0 Å². The van der Waals surface area contributed by atoms with Crippen LogP contribution in [0.3, 0.4) is 0 Å². The van der Waals surface area contributed by atoms with Crippen molar-refractivity contribution in [2.75, 3.05) is 26.3 Å². The van der Waals surface area contributed by atoms with Crippen LogP contribution in [0.15, 0.2) is 78.4 Å². The lowest BCUT2D eigenvalue weighted by Gasteiger charge is -2.36. The van der Waals surface area contributed by atoms with Crippen molar-refractivity contribution >= 4 is 22.4 Å². The Balaban J connectivity index is 1.05. The number of nitrogens with zero attached hydrogens (tertiary/aromatic N) is 5. The zero-order valence-corrected chi connectivity index (χ0v) is 23.7. The number of fused-ring (bicyclic) bond motifs is 1. The molecule has 210 valence electrons. The average molecular weight is 568 g/mol. The smallest absolute Gasteiger partial charge is 0.213 e. The van der Waals surface area contributed by atoms with Crippen molar-refractivity contribution in [1.82, 2.24) is 24.4 Å². The molecular formula is C32H33N5O3S. The number of benzene rings is 2. The molecule has 7 rings (SSSR count). The van der Waals surface area contributed by atoms with Gasteiger partial charge in [-0.05, 0) is 55.3 Å². The lowest BCUT2D eigenvalue weighted by molar-refractivity contribution is -0.184. The summed E-state index contributed by atoms with van der Waals surface area (Å²) in [6, 6.07) is 22.4. The number of aromatic nitrogens is 4. The number of thiazole rings is 1. The topological polar surface area (TPSA) is 85.5 Å².